The van der Waals surface area contributed by atoms with E-state index in [4.69, 9.17) is 4.74 Å². The number of aliphatic imine (C=N–C) groups is 1. The number of ether oxygens (including phenoxy) is 1. The Morgan fingerprint density at radius 3 is 2.96 bits per heavy atom. The van der Waals surface area contributed by atoms with E-state index in [1.54, 1.807) is 4.52 Å². The number of halogens is 1. The Bertz CT molecular complexity index is 796. The third kappa shape index (κ3) is 2.08. The standard InChI is InChI=1S/C15H17BrN6O/c16-12-2-1-11-13(18-9-19-22(11)12)20-14-17-7-15(23-14)8-21-5-3-10(15)4-6-21/h1-2,9-10H,3-8H2,(H,17,18,19,20). The number of aromatic nitrogens is 3. The highest BCUT2D eigenvalue weighted by Crippen LogP contribution is 2.40. The molecule has 8 heteroatoms. The van der Waals surface area contributed by atoms with Gasteiger partial charge in [-0.3, -0.25) is 10.2 Å². The summed E-state index contributed by atoms with van der Waals surface area (Å²) in [5.74, 6) is 1.33. The minimum atomic E-state index is -0.134. The van der Waals surface area contributed by atoms with Gasteiger partial charge in [-0.05, 0) is 54.0 Å². The lowest BCUT2D eigenvalue weighted by Crippen LogP contribution is -2.61. The first-order chi connectivity index (χ1) is 11.2. The molecule has 120 valence electrons. The highest BCUT2D eigenvalue weighted by atomic mass is 79.9. The molecule has 1 unspecified atom stereocenters. The quantitative estimate of drug-likeness (QED) is 0.821. The molecule has 2 bridgehead atoms. The van der Waals surface area contributed by atoms with E-state index in [-0.39, 0.29) is 5.60 Å². The molecule has 0 amide bonds. The zero-order valence-electron chi connectivity index (χ0n) is 12.6. The van der Waals surface area contributed by atoms with Crippen molar-refractivity contribution in [3.8, 4) is 0 Å². The predicted octanol–water partition coefficient (Wildman–Crippen LogP) is 1.75. The highest BCUT2D eigenvalue weighted by molar-refractivity contribution is 9.10. The minimum Gasteiger partial charge on any atom is -0.455 e. The fourth-order valence-corrected chi connectivity index (χ4v) is 4.46. The largest absolute Gasteiger partial charge is 0.455 e. The molecule has 6 heterocycles. The van der Waals surface area contributed by atoms with Gasteiger partial charge < -0.3 is 4.74 Å². The molecule has 2 aromatic rings. The summed E-state index contributed by atoms with van der Waals surface area (Å²) in [6, 6.07) is 4.49. The second-order valence-corrected chi connectivity index (χ2v) is 7.34. The van der Waals surface area contributed by atoms with Crippen LogP contribution in [0.5, 0.6) is 0 Å². The zero-order valence-corrected chi connectivity index (χ0v) is 14.2. The van der Waals surface area contributed by atoms with Crippen LogP contribution in [0.4, 0.5) is 5.82 Å². The van der Waals surface area contributed by atoms with E-state index >= 15 is 0 Å². The Balaban J connectivity index is 1.39. The summed E-state index contributed by atoms with van der Waals surface area (Å²) in [5.41, 5.74) is 0.755. The lowest BCUT2D eigenvalue weighted by Gasteiger charge is -2.50. The van der Waals surface area contributed by atoms with Gasteiger partial charge in [-0.25, -0.2) is 14.5 Å². The SMILES string of the molecule is Brc1ccc2c(NC3=NCC4(CN5CCC4CC5)O3)ncnn12. The Morgan fingerprint density at radius 2 is 2.17 bits per heavy atom. The molecule has 0 aromatic carbocycles. The van der Waals surface area contributed by atoms with Gasteiger partial charge in [-0.15, -0.1) is 0 Å². The van der Waals surface area contributed by atoms with Crippen LogP contribution in [-0.4, -0.2) is 57.3 Å². The predicted molar refractivity (Wildman–Crippen MR) is 89.6 cm³/mol. The molecule has 4 aliphatic rings. The van der Waals surface area contributed by atoms with Crippen molar-refractivity contribution in [2.24, 2.45) is 10.9 Å². The summed E-state index contributed by atoms with van der Waals surface area (Å²) in [6.07, 6.45) is 3.96. The summed E-state index contributed by atoms with van der Waals surface area (Å²) in [5, 5.41) is 7.47. The number of piperidine rings is 3. The van der Waals surface area contributed by atoms with Crippen LogP contribution in [0.2, 0.25) is 0 Å². The van der Waals surface area contributed by atoms with Crippen molar-refractivity contribution < 1.29 is 4.74 Å². The maximum atomic E-state index is 6.30. The third-order valence-corrected chi connectivity index (χ3v) is 5.84. The molecule has 23 heavy (non-hydrogen) atoms. The molecule has 1 N–H and O–H groups in total. The van der Waals surface area contributed by atoms with Crippen LogP contribution in [0.1, 0.15) is 12.8 Å². The molecule has 6 rings (SSSR count). The van der Waals surface area contributed by atoms with Gasteiger partial charge in [0, 0.05) is 12.5 Å². The smallest absolute Gasteiger partial charge is 0.291 e. The zero-order chi connectivity index (χ0) is 15.4. The van der Waals surface area contributed by atoms with Gasteiger partial charge in [0.05, 0.1) is 6.54 Å². The highest BCUT2D eigenvalue weighted by Gasteiger charge is 2.51. The summed E-state index contributed by atoms with van der Waals surface area (Å²) in [6.45, 7) is 4.12. The maximum absolute atomic E-state index is 6.30. The molecule has 1 spiro atoms. The van der Waals surface area contributed by atoms with E-state index in [1.807, 2.05) is 12.1 Å². The van der Waals surface area contributed by atoms with Crippen molar-refractivity contribution in [1.82, 2.24) is 19.5 Å². The number of hydrogen-bond acceptors (Lipinski definition) is 6. The molecular weight excluding hydrogens is 360 g/mol. The fourth-order valence-electron chi connectivity index (χ4n) is 4.05. The van der Waals surface area contributed by atoms with E-state index < -0.39 is 0 Å². The van der Waals surface area contributed by atoms with Crippen molar-refractivity contribution in [3.05, 3.63) is 23.1 Å². The molecule has 0 aliphatic carbocycles. The molecule has 4 aliphatic heterocycles. The van der Waals surface area contributed by atoms with E-state index in [2.05, 4.69) is 41.2 Å². The number of fused-ring (bicyclic) bond motifs is 3. The van der Waals surface area contributed by atoms with Crippen LogP contribution in [-0.2, 0) is 4.74 Å². The van der Waals surface area contributed by atoms with Crippen LogP contribution < -0.4 is 5.32 Å². The van der Waals surface area contributed by atoms with Gasteiger partial charge in [0.25, 0.3) is 6.02 Å². The van der Waals surface area contributed by atoms with Gasteiger partial charge in [-0.2, -0.15) is 5.10 Å². The summed E-state index contributed by atoms with van der Waals surface area (Å²) >= 11 is 3.47. The molecule has 7 nitrogen and oxygen atoms in total. The molecule has 1 atom stereocenters. The van der Waals surface area contributed by atoms with E-state index in [0.29, 0.717) is 17.8 Å². The van der Waals surface area contributed by atoms with E-state index in [0.717, 1.165) is 23.2 Å². The number of rotatable bonds is 1. The lowest BCUT2D eigenvalue weighted by molar-refractivity contribution is -0.0829. The molecule has 0 radical (unpaired) electrons. The molecule has 0 saturated carbocycles. The Hall–Kier alpha value is -1.67. The van der Waals surface area contributed by atoms with Crippen LogP contribution in [0, 0.1) is 5.92 Å². The Labute approximate surface area is 141 Å². The van der Waals surface area contributed by atoms with Crippen molar-refractivity contribution >= 4 is 33.3 Å². The van der Waals surface area contributed by atoms with Crippen LogP contribution in [0.3, 0.4) is 0 Å². The van der Waals surface area contributed by atoms with Crippen LogP contribution in [0.15, 0.2) is 28.1 Å². The number of nitrogens with one attached hydrogen (secondary N) is 1. The Kier molecular flexibility index (Phi) is 2.93. The minimum absolute atomic E-state index is 0.134. The lowest BCUT2D eigenvalue weighted by atomic mass is 9.75. The van der Waals surface area contributed by atoms with Gasteiger partial charge in [0.15, 0.2) is 5.82 Å². The first-order valence-electron chi connectivity index (χ1n) is 7.95. The summed E-state index contributed by atoms with van der Waals surface area (Å²) in [7, 11) is 0. The van der Waals surface area contributed by atoms with Gasteiger partial charge in [0.2, 0.25) is 0 Å². The third-order valence-electron chi connectivity index (χ3n) is 5.24. The monoisotopic (exact) mass is 376 g/mol. The van der Waals surface area contributed by atoms with E-state index in [9.17, 15) is 0 Å². The van der Waals surface area contributed by atoms with Crippen LogP contribution in [0.25, 0.3) is 5.52 Å². The average Bonchev–Trinajstić information content (AvgIpc) is 3.14. The second-order valence-electron chi connectivity index (χ2n) is 6.53. The maximum Gasteiger partial charge on any atom is 0.291 e. The van der Waals surface area contributed by atoms with Crippen molar-refractivity contribution in [1.29, 1.82) is 0 Å². The van der Waals surface area contributed by atoms with Crippen molar-refractivity contribution in [2.45, 2.75) is 18.4 Å². The summed E-state index contributed by atoms with van der Waals surface area (Å²) < 4.78 is 8.98. The number of anilines is 1. The molecular formula is C15H17BrN6O. The topological polar surface area (TPSA) is 67.0 Å². The fraction of sp³-hybridized carbons (Fsp3) is 0.533. The summed E-state index contributed by atoms with van der Waals surface area (Å²) in [4.78, 5) is 11.4. The second kappa shape index (κ2) is 4.91. The number of hydrogen-bond donors (Lipinski definition) is 1. The van der Waals surface area contributed by atoms with E-state index in [1.165, 1.54) is 32.3 Å². The van der Waals surface area contributed by atoms with Crippen molar-refractivity contribution in [3.63, 3.8) is 0 Å². The van der Waals surface area contributed by atoms with Crippen molar-refractivity contribution in [2.75, 3.05) is 31.5 Å². The first kappa shape index (κ1) is 13.7. The van der Waals surface area contributed by atoms with Crippen LogP contribution >= 0.6 is 15.9 Å². The van der Waals surface area contributed by atoms with Gasteiger partial charge >= 0.3 is 0 Å². The number of nitrogens with zero attached hydrogens (tertiary/aromatic N) is 5. The normalized spacial score (nSPS) is 32.3. The average molecular weight is 377 g/mol. The molecule has 2 aromatic heterocycles. The van der Waals surface area contributed by atoms with Gasteiger partial charge in [0.1, 0.15) is 22.0 Å². The Morgan fingerprint density at radius 1 is 1.30 bits per heavy atom. The number of amidine groups is 1. The van der Waals surface area contributed by atoms with Gasteiger partial charge in [-0.1, -0.05) is 0 Å². The first-order valence-corrected chi connectivity index (χ1v) is 8.74. The molecule has 3 fully saturated rings. The molecule has 3 saturated heterocycles.